The van der Waals surface area contributed by atoms with Crippen LogP contribution in [0.2, 0.25) is 0 Å². The molecule has 8 nitrogen and oxygen atoms in total. The second kappa shape index (κ2) is 6.91. The van der Waals surface area contributed by atoms with Crippen molar-refractivity contribution in [2.75, 3.05) is 23.3 Å². The minimum absolute atomic E-state index is 0.0161. The van der Waals surface area contributed by atoms with Gasteiger partial charge in [-0.1, -0.05) is 6.07 Å². The molecule has 2 amide bonds. The average molecular weight is 363 g/mol. The van der Waals surface area contributed by atoms with Gasteiger partial charge in [-0.05, 0) is 36.8 Å². The van der Waals surface area contributed by atoms with Crippen molar-refractivity contribution < 1.29 is 9.72 Å². The topological polar surface area (TPSA) is 100 Å². The van der Waals surface area contributed by atoms with E-state index < -0.39 is 4.92 Å². The number of amides is 2. The van der Waals surface area contributed by atoms with Crippen LogP contribution in [0.25, 0.3) is 10.8 Å². The Morgan fingerprint density at radius 3 is 2.89 bits per heavy atom. The summed E-state index contributed by atoms with van der Waals surface area (Å²) in [6.45, 7) is 1.36. The van der Waals surface area contributed by atoms with E-state index in [-0.39, 0.29) is 11.7 Å². The minimum atomic E-state index is -0.413. The van der Waals surface area contributed by atoms with E-state index in [0.717, 1.165) is 23.5 Å². The van der Waals surface area contributed by atoms with Crippen LogP contribution in [0.1, 0.15) is 6.42 Å². The number of urea groups is 1. The molecule has 0 atom stereocenters. The Balaban J connectivity index is 1.69. The molecule has 0 saturated carbocycles. The Hall–Kier alpha value is -3.68. The number of anilines is 3. The van der Waals surface area contributed by atoms with Gasteiger partial charge < -0.3 is 10.6 Å². The van der Waals surface area contributed by atoms with Crippen molar-refractivity contribution in [3.63, 3.8) is 0 Å². The van der Waals surface area contributed by atoms with Crippen LogP contribution in [-0.4, -0.2) is 29.0 Å². The molecule has 1 saturated heterocycles. The maximum atomic E-state index is 12.1. The van der Waals surface area contributed by atoms with Gasteiger partial charge in [-0.3, -0.25) is 20.0 Å². The van der Waals surface area contributed by atoms with Gasteiger partial charge in [0.25, 0.3) is 5.69 Å². The third-order valence-corrected chi connectivity index (χ3v) is 4.51. The van der Waals surface area contributed by atoms with Crippen LogP contribution in [0.3, 0.4) is 0 Å². The maximum absolute atomic E-state index is 12.1. The van der Waals surface area contributed by atoms with Gasteiger partial charge in [0, 0.05) is 54.0 Å². The van der Waals surface area contributed by atoms with Crippen molar-refractivity contribution in [2.45, 2.75) is 6.42 Å². The predicted octanol–water partition coefficient (Wildman–Crippen LogP) is 3.81. The fourth-order valence-electron chi connectivity index (χ4n) is 3.23. The average Bonchev–Trinajstić information content (AvgIpc) is 2.68. The van der Waals surface area contributed by atoms with Crippen LogP contribution in [0.4, 0.5) is 27.5 Å². The summed E-state index contributed by atoms with van der Waals surface area (Å²) in [4.78, 5) is 28.6. The highest BCUT2D eigenvalue weighted by Gasteiger charge is 2.19. The number of carbonyl (C=O) groups excluding carboxylic acids is 1. The van der Waals surface area contributed by atoms with Gasteiger partial charge in [0.05, 0.1) is 10.3 Å². The first-order valence-corrected chi connectivity index (χ1v) is 8.57. The normalized spacial score (nSPS) is 14.1. The van der Waals surface area contributed by atoms with E-state index in [1.807, 2.05) is 24.3 Å². The first-order valence-electron chi connectivity index (χ1n) is 8.57. The number of aromatic nitrogens is 1. The summed E-state index contributed by atoms with van der Waals surface area (Å²) >= 11 is 0. The third kappa shape index (κ3) is 3.24. The maximum Gasteiger partial charge on any atom is 0.321 e. The highest BCUT2D eigenvalue weighted by Crippen LogP contribution is 2.33. The summed E-state index contributed by atoms with van der Waals surface area (Å²) < 4.78 is 0. The van der Waals surface area contributed by atoms with Gasteiger partial charge >= 0.3 is 6.03 Å². The van der Waals surface area contributed by atoms with Gasteiger partial charge in [-0.25, -0.2) is 4.79 Å². The molecule has 4 rings (SSSR count). The van der Waals surface area contributed by atoms with Crippen LogP contribution in [-0.2, 0) is 0 Å². The number of hydrogen-bond donors (Lipinski definition) is 2. The number of nitro groups is 1. The lowest BCUT2D eigenvalue weighted by Gasteiger charge is -2.27. The Morgan fingerprint density at radius 2 is 2.07 bits per heavy atom. The van der Waals surface area contributed by atoms with Crippen LogP contribution in [0, 0.1) is 10.1 Å². The lowest BCUT2D eigenvalue weighted by atomic mass is 10.1. The molecule has 136 valence electrons. The molecule has 2 aromatic carbocycles. The van der Waals surface area contributed by atoms with Gasteiger partial charge in [-0.2, -0.15) is 0 Å². The van der Waals surface area contributed by atoms with Crippen molar-refractivity contribution in [1.82, 2.24) is 10.3 Å². The molecule has 1 aliphatic rings. The molecule has 1 fully saturated rings. The highest BCUT2D eigenvalue weighted by molar-refractivity contribution is 6.00. The number of nitrogens with one attached hydrogen (secondary N) is 2. The van der Waals surface area contributed by atoms with E-state index in [0.29, 0.717) is 23.9 Å². The molecule has 0 spiro atoms. The quantitative estimate of drug-likeness (QED) is 0.542. The lowest BCUT2D eigenvalue weighted by molar-refractivity contribution is -0.383. The molecule has 2 heterocycles. The number of fused-ring (bicyclic) bond motifs is 1. The first kappa shape index (κ1) is 16.8. The van der Waals surface area contributed by atoms with Gasteiger partial charge in [0.15, 0.2) is 0 Å². The van der Waals surface area contributed by atoms with Crippen LogP contribution < -0.4 is 15.5 Å². The standard InChI is InChI=1S/C19H17N5O3/c25-19-21-8-2-10-23(19)14-4-1-3-13(11-14)22-17-5-6-18(24(26)27)16-12-20-9-7-15(16)17/h1,3-7,9,11-12,22H,2,8,10H2,(H,21,25). The number of hydrogen-bond acceptors (Lipinski definition) is 5. The largest absolute Gasteiger partial charge is 0.355 e. The fraction of sp³-hybridized carbons (Fsp3) is 0.158. The second-order valence-electron chi connectivity index (χ2n) is 6.22. The molecular weight excluding hydrogens is 346 g/mol. The van der Waals surface area contributed by atoms with E-state index in [1.165, 1.54) is 12.3 Å². The van der Waals surface area contributed by atoms with E-state index >= 15 is 0 Å². The number of non-ortho nitro benzene ring substituents is 1. The van der Waals surface area contributed by atoms with E-state index in [2.05, 4.69) is 15.6 Å². The summed E-state index contributed by atoms with van der Waals surface area (Å²) in [5.74, 6) is 0. The number of carbonyl (C=O) groups is 1. The number of pyridine rings is 1. The first-order chi connectivity index (χ1) is 13.1. The number of nitrogens with zero attached hydrogens (tertiary/aromatic N) is 3. The summed E-state index contributed by atoms with van der Waals surface area (Å²) in [5.41, 5.74) is 2.34. The molecule has 2 N–H and O–H groups in total. The SMILES string of the molecule is O=C1NCCCN1c1cccc(Nc2ccc([N+](=O)[O-])c3cnccc23)c1. The molecule has 0 radical (unpaired) electrons. The molecule has 1 aromatic heterocycles. The van der Waals surface area contributed by atoms with Crippen LogP contribution >= 0.6 is 0 Å². The van der Waals surface area contributed by atoms with Crippen LogP contribution in [0.15, 0.2) is 54.9 Å². The third-order valence-electron chi connectivity index (χ3n) is 4.51. The minimum Gasteiger partial charge on any atom is -0.355 e. The summed E-state index contributed by atoms with van der Waals surface area (Å²) in [7, 11) is 0. The van der Waals surface area contributed by atoms with Gasteiger partial charge in [-0.15, -0.1) is 0 Å². The van der Waals surface area contributed by atoms with E-state index in [1.54, 1.807) is 23.2 Å². The van der Waals surface area contributed by atoms with Gasteiger partial charge in [0.1, 0.15) is 0 Å². The molecule has 8 heteroatoms. The smallest absolute Gasteiger partial charge is 0.321 e. The van der Waals surface area contributed by atoms with E-state index in [4.69, 9.17) is 0 Å². The number of nitro benzene ring substituents is 1. The van der Waals surface area contributed by atoms with Crippen molar-refractivity contribution in [1.29, 1.82) is 0 Å². The Kier molecular flexibility index (Phi) is 4.29. The Labute approximate surface area is 155 Å². The van der Waals surface area contributed by atoms with Crippen molar-refractivity contribution in [3.8, 4) is 0 Å². The van der Waals surface area contributed by atoms with Crippen molar-refractivity contribution in [2.24, 2.45) is 0 Å². The lowest BCUT2D eigenvalue weighted by Crippen LogP contribution is -2.46. The predicted molar refractivity (Wildman–Crippen MR) is 103 cm³/mol. The second-order valence-corrected chi connectivity index (χ2v) is 6.22. The molecule has 0 unspecified atom stereocenters. The Bertz CT molecular complexity index is 1040. The summed E-state index contributed by atoms with van der Waals surface area (Å²) in [6.07, 6.45) is 3.99. The zero-order valence-electron chi connectivity index (χ0n) is 14.4. The fourth-order valence-corrected chi connectivity index (χ4v) is 3.23. The monoisotopic (exact) mass is 363 g/mol. The summed E-state index contributed by atoms with van der Waals surface area (Å²) in [6, 6.07) is 12.3. The molecular formula is C19H17N5O3. The highest BCUT2D eigenvalue weighted by atomic mass is 16.6. The molecule has 27 heavy (non-hydrogen) atoms. The molecule has 0 aliphatic carbocycles. The zero-order valence-corrected chi connectivity index (χ0v) is 14.4. The zero-order chi connectivity index (χ0) is 18.8. The van der Waals surface area contributed by atoms with E-state index in [9.17, 15) is 14.9 Å². The Morgan fingerprint density at radius 1 is 1.19 bits per heavy atom. The molecule has 0 bridgehead atoms. The van der Waals surface area contributed by atoms with Crippen LogP contribution in [0.5, 0.6) is 0 Å². The van der Waals surface area contributed by atoms with Crippen molar-refractivity contribution >= 4 is 39.6 Å². The molecule has 1 aliphatic heterocycles. The molecule has 3 aromatic rings. The van der Waals surface area contributed by atoms with Crippen molar-refractivity contribution in [3.05, 3.63) is 65.0 Å². The van der Waals surface area contributed by atoms with Gasteiger partial charge in [0.2, 0.25) is 0 Å². The summed E-state index contributed by atoms with van der Waals surface area (Å²) in [5, 5.41) is 18.6. The number of benzene rings is 2. The number of rotatable bonds is 4.